The number of aliphatic carboxylic acids is 1. The molecule has 2 N–H and O–H groups in total. The van der Waals surface area contributed by atoms with Crippen molar-refractivity contribution in [2.45, 2.75) is 17.4 Å². The number of thioether (sulfide) groups is 1. The van der Waals surface area contributed by atoms with Gasteiger partial charge in [0, 0.05) is 0 Å². The average molecular weight is 393 g/mol. The number of hydrogen-bond donors (Lipinski definition) is 2. The van der Waals surface area contributed by atoms with Gasteiger partial charge in [-0.25, -0.2) is 8.42 Å². The number of carbonyl (C=O) groups is 1. The predicted octanol–water partition coefficient (Wildman–Crippen LogP) is 3.13. The standard InChI is InChI=1S/C11H12Cl3NO4S2/c1-20-3-2-9(11(16)17)15-21(18,19)10-5-7(13)6(12)4-8(10)14/h4-5,9,15H,2-3H2,1H3,(H,16,17)/t9-/m0/s1. The Labute approximate surface area is 142 Å². The van der Waals surface area contributed by atoms with Gasteiger partial charge in [-0.05, 0) is 30.6 Å². The van der Waals surface area contributed by atoms with Crippen LogP contribution in [0, 0.1) is 0 Å². The van der Waals surface area contributed by atoms with Crippen LogP contribution in [0.25, 0.3) is 0 Å². The van der Waals surface area contributed by atoms with Crippen LogP contribution in [-0.2, 0) is 14.8 Å². The van der Waals surface area contributed by atoms with Gasteiger partial charge in [-0.1, -0.05) is 34.8 Å². The van der Waals surface area contributed by atoms with E-state index in [4.69, 9.17) is 39.9 Å². The lowest BCUT2D eigenvalue weighted by atomic mass is 10.2. The Bertz CT molecular complexity index is 637. The van der Waals surface area contributed by atoms with E-state index in [-0.39, 0.29) is 26.4 Å². The van der Waals surface area contributed by atoms with Crippen LogP contribution >= 0.6 is 46.6 Å². The SMILES string of the molecule is CSCC[C@H](NS(=O)(=O)c1cc(Cl)c(Cl)cc1Cl)C(=O)O. The van der Waals surface area contributed by atoms with Gasteiger partial charge in [0.25, 0.3) is 0 Å². The van der Waals surface area contributed by atoms with E-state index in [0.29, 0.717) is 5.75 Å². The van der Waals surface area contributed by atoms with Crippen molar-refractivity contribution in [2.75, 3.05) is 12.0 Å². The van der Waals surface area contributed by atoms with Gasteiger partial charge < -0.3 is 5.11 Å². The molecule has 0 heterocycles. The third-order valence-corrected chi connectivity index (χ3v) is 5.77. The molecule has 0 saturated heterocycles. The number of halogens is 3. The van der Waals surface area contributed by atoms with E-state index in [9.17, 15) is 13.2 Å². The predicted molar refractivity (Wildman–Crippen MR) is 86.2 cm³/mol. The van der Waals surface area contributed by atoms with Crippen molar-refractivity contribution in [3.8, 4) is 0 Å². The molecule has 0 aliphatic carbocycles. The maximum absolute atomic E-state index is 12.2. The van der Waals surface area contributed by atoms with E-state index in [2.05, 4.69) is 4.72 Å². The van der Waals surface area contributed by atoms with E-state index in [1.165, 1.54) is 17.8 Å². The maximum atomic E-state index is 12.2. The highest BCUT2D eigenvalue weighted by atomic mass is 35.5. The van der Waals surface area contributed by atoms with Crippen LogP contribution in [0.4, 0.5) is 0 Å². The number of carboxylic acid groups (broad SMARTS) is 1. The minimum atomic E-state index is -4.12. The molecule has 0 aliphatic heterocycles. The first kappa shape index (κ1) is 18.9. The zero-order chi connectivity index (χ0) is 16.2. The largest absolute Gasteiger partial charge is 0.480 e. The van der Waals surface area contributed by atoms with Gasteiger partial charge in [0.15, 0.2) is 0 Å². The van der Waals surface area contributed by atoms with Gasteiger partial charge in [0.2, 0.25) is 10.0 Å². The second-order valence-corrected chi connectivity index (χ2v) is 7.88. The highest BCUT2D eigenvalue weighted by Gasteiger charge is 2.27. The summed E-state index contributed by atoms with van der Waals surface area (Å²) in [6.45, 7) is 0. The van der Waals surface area contributed by atoms with Crippen molar-refractivity contribution in [3.63, 3.8) is 0 Å². The molecule has 0 fully saturated rings. The molecule has 0 unspecified atom stereocenters. The van der Waals surface area contributed by atoms with Crippen LogP contribution in [0.1, 0.15) is 6.42 Å². The minimum absolute atomic E-state index is 0.0115. The summed E-state index contributed by atoms with van der Waals surface area (Å²) < 4.78 is 26.6. The van der Waals surface area contributed by atoms with E-state index >= 15 is 0 Å². The fourth-order valence-corrected chi connectivity index (χ4v) is 4.13. The van der Waals surface area contributed by atoms with Crippen LogP contribution in [0.15, 0.2) is 17.0 Å². The fraction of sp³-hybridized carbons (Fsp3) is 0.364. The molecule has 0 amide bonds. The zero-order valence-electron chi connectivity index (χ0n) is 10.8. The van der Waals surface area contributed by atoms with Crippen molar-refractivity contribution < 1.29 is 18.3 Å². The first-order valence-electron chi connectivity index (χ1n) is 5.57. The number of rotatable bonds is 7. The second kappa shape index (κ2) is 7.89. The van der Waals surface area contributed by atoms with Crippen molar-refractivity contribution in [3.05, 3.63) is 27.2 Å². The molecule has 0 saturated carbocycles. The summed E-state index contributed by atoms with van der Waals surface area (Å²) >= 11 is 18.8. The molecule has 0 bridgehead atoms. The Morgan fingerprint density at radius 3 is 2.38 bits per heavy atom. The number of carboxylic acids is 1. The third kappa shape index (κ3) is 5.19. The Hall–Kier alpha value is -0.180. The van der Waals surface area contributed by atoms with E-state index < -0.39 is 22.0 Å². The molecule has 0 radical (unpaired) electrons. The summed E-state index contributed by atoms with van der Waals surface area (Å²) in [6.07, 6.45) is 1.94. The summed E-state index contributed by atoms with van der Waals surface area (Å²) in [5.74, 6) is -0.766. The lowest BCUT2D eigenvalue weighted by molar-refractivity contribution is -0.139. The molecule has 1 atom stereocenters. The van der Waals surface area contributed by atoms with Gasteiger partial charge in [-0.3, -0.25) is 4.79 Å². The maximum Gasteiger partial charge on any atom is 0.321 e. The van der Waals surface area contributed by atoms with Gasteiger partial charge >= 0.3 is 5.97 Å². The minimum Gasteiger partial charge on any atom is -0.480 e. The molecule has 118 valence electrons. The van der Waals surface area contributed by atoms with Crippen LogP contribution in [-0.4, -0.2) is 37.5 Å². The van der Waals surface area contributed by atoms with Crippen LogP contribution < -0.4 is 4.72 Å². The summed E-state index contributed by atoms with van der Waals surface area (Å²) in [4.78, 5) is 10.8. The molecule has 0 aromatic heterocycles. The zero-order valence-corrected chi connectivity index (χ0v) is 14.7. The van der Waals surface area contributed by atoms with Crippen LogP contribution in [0.5, 0.6) is 0 Å². The van der Waals surface area contributed by atoms with Gasteiger partial charge in [-0.15, -0.1) is 0 Å². The summed E-state index contributed by atoms with van der Waals surface area (Å²) in [5, 5.41) is 9.05. The first-order valence-corrected chi connectivity index (χ1v) is 9.58. The summed E-state index contributed by atoms with van der Waals surface area (Å²) in [7, 11) is -4.12. The topological polar surface area (TPSA) is 83.5 Å². The van der Waals surface area contributed by atoms with Gasteiger partial charge in [0.05, 0.1) is 15.1 Å². The van der Waals surface area contributed by atoms with Gasteiger partial charge in [-0.2, -0.15) is 16.5 Å². The second-order valence-electron chi connectivity index (χ2n) is 3.99. The van der Waals surface area contributed by atoms with E-state index in [1.54, 1.807) is 6.26 Å². The lowest BCUT2D eigenvalue weighted by Gasteiger charge is -2.15. The highest BCUT2D eigenvalue weighted by molar-refractivity contribution is 7.98. The third-order valence-electron chi connectivity index (χ3n) is 2.47. The van der Waals surface area contributed by atoms with Crippen molar-refractivity contribution in [1.82, 2.24) is 4.72 Å². The Morgan fingerprint density at radius 2 is 1.86 bits per heavy atom. The molecule has 21 heavy (non-hydrogen) atoms. The smallest absolute Gasteiger partial charge is 0.321 e. The molecule has 1 aromatic rings. The summed E-state index contributed by atoms with van der Waals surface area (Å²) in [6, 6.07) is 1.03. The van der Waals surface area contributed by atoms with Crippen molar-refractivity contribution in [2.24, 2.45) is 0 Å². The number of benzene rings is 1. The van der Waals surface area contributed by atoms with Crippen molar-refractivity contribution >= 4 is 62.6 Å². The molecule has 5 nitrogen and oxygen atoms in total. The van der Waals surface area contributed by atoms with Crippen LogP contribution in [0.2, 0.25) is 15.1 Å². The Balaban J connectivity index is 3.10. The molecule has 1 rings (SSSR count). The molecule has 1 aromatic carbocycles. The number of nitrogens with one attached hydrogen (secondary N) is 1. The first-order chi connectivity index (χ1) is 9.69. The molecule has 0 spiro atoms. The molecule has 10 heteroatoms. The Kier molecular flexibility index (Phi) is 7.09. The quantitative estimate of drug-likeness (QED) is 0.697. The van der Waals surface area contributed by atoms with Gasteiger partial charge in [0.1, 0.15) is 10.9 Å². The normalized spacial score (nSPS) is 13.1. The highest BCUT2D eigenvalue weighted by Crippen LogP contribution is 2.31. The van der Waals surface area contributed by atoms with E-state index in [1.807, 2.05) is 0 Å². The lowest BCUT2D eigenvalue weighted by Crippen LogP contribution is -2.41. The van der Waals surface area contributed by atoms with Crippen molar-refractivity contribution in [1.29, 1.82) is 0 Å². The number of hydrogen-bond acceptors (Lipinski definition) is 4. The van der Waals surface area contributed by atoms with E-state index in [0.717, 1.165) is 6.07 Å². The molecular formula is C11H12Cl3NO4S2. The number of sulfonamides is 1. The fourth-order valence-electron chi connectivity index (χ4n) is 1.43. The molecular weight excluding hydrogens is 381 g/mol. The Morgan fingerprint density at radius 1 is 1.29 bits per heavy atom. The monoisotopic (exact) mass is 391 g/mol. The average Bonchev–Trinajstić information content (AvgIpc) is 2.38. The summed E-state index contributed by atoms with van der Waals surface area (Å²) in [5.41, 5.74) is 0. The molecule has 0 aliphatic rings. The van der Waals surface area contributed by atoms with Crippen LogP contribution in [0.3, 0.4) is 0 Å².